The molecule has 1 fully saturated rings. The van der Waals surface area contributed by atoms with Crippen molar-refractivity contribution in [2.45, 2.75) is 384 Å². The number of amides is 1. The fourth-order valence-electron chi connectivity index (χ4n) is 11.1. The van der Waals surface area contributed by atoms with E-state index in [1.54, 1.807) is 6.08 Å². The minimum atomic E-state index is -1.62. The third-order valence-electron chi connectivity index (χ3n) is 16.7. The van der Waals surface area contributed by atoms with Gasteiger partial charge in [-0.15, -0.1) is 0 Å². The van der Waals surface area contributed by atoms with Gasteiger partial charge in [-0.25, -0.2) is 0 Å². The highest BCUT2D eigenvalue weighted by atomic mass is 16.7. The Morgan fingerprint density at radius 1 is 0.470 bits per heavy atom. The predicted molar refractivity (Wildman–Crippen MR) is 347 cm³/mol. The van der Waals surface area contributed by atoms with E-state index in [2.05, 4.69) is 62.5 Å². The monoisotopic (exact) mass is 1170 g/mol. The van der Waals surface area contributed by atoms with Crippen LogP contribution < -0.4 is 5.32 Å². The Morgan fingerprint density at radius 2 is 0.831 bits per heavy atom. The molecule has 0 aliphatic carbocycles. The predicted octanol–water partition coefficient (Wildman–Crippen LogP) is 18.0. The Kier molecular flexibility index (Phi) is 56.8. The van der Waals surface area contributed by atoms with Crippen molar-refractivity contribution in [3.05, 3.63) is 48.6 Å². The van der Waals surface area contributed by atoms with Crippen LogP contribution in [0.15, 0.2) is 48.6 Å². The Hall–Kier alpha value is -2.38. The van der Waals surface area contributed by atoms with Crippen LogP contribution in [0.5, 0.6) is 0 Å². The number of allylic oxidation sites excluding steroid dienone is 7. The smallest absolute Gasteiger partial charge is 0.306 e. The first-order valence-corrected chi connectivity index (χ1v) is 35.4. The van der Waals surface area contributed by atoms with E-state index in [1.165, 1.54) is 205 Å². The third-order valence-corrected chi connectivity index (χ3v) is 16.7. The molecule has 83 heavy (non-hydrogen) atoms. The van der Waals surface area contributed by atoms with Gasteiger partial charge in [0.1, 0.15) is 24.4 Å². The topological polar surface area (TPSA) is 175 Å². The molecule has 0 radical (unpaired) electrons. The second-order valence-electron chi connectivity index (χ2n) is 24.6. The molecule has 0 aromatic rings. The molecule has 1 rings (SSSR count). The lowest BCUT2D eigenvalue weighted by Gasteiger charge is -2.41. The van der Waals surface area contributed by atoms with Crippen LogP contribution in [0, 0.1) is 0 Å². The summed E-state index contributed by atoms with van der Waals surface area (Å²) in [5.41, 5.74) is 0. The standard InChI is InChI=1S/C72H133NO10/c1-4-7-10-13-16-19-22-25-27-29-31-33-35-37-39-42-45-48-51-54-57-60-67(77)83-70-69(79)68(78)66(61-74)82-72(70)81-62-63(64(75)58-55-52-49-46-43-40-24-21-18-15-12-9-6-3)73-71(80)65(76)59-56-53-50-47-44-41-38-36-34-32-30-28-26-23-20-17-14-11-8-5-2/h16,19,25,27,31,33,55,58,63-66,68-70,72,74-76,78-79H,4-15,17-18,20-24,26,28-30,32,34-54,56-57,59-62H2,1-3H3,(H,73,80)/b19-16-,27-25-,33-31-,58-55+. The minimum absolute atomic E-state index is 0.117. The zero-order valence-corrected chi connectivity index (χ0v) is 54.1. The fraction of sp³-hybridized carbons (Fsp3) is 0.861. The maximum atomic E-state index is 13.5. The van der Waals surface area contributed by atoms with Crippen LogP contribution in [0.4, 0.5) is 0 Å². The van der Waals surface area contributed by atoms with Gasteiger partial charge in [-0.3, -0.25) is 9.59 Å². The van der Waals surface area contributed by atoms with Crippen molar-refractivity contribution >= 4 is 11.9 Å². The summed E-state index contributed by atoms with van der Waals surface area (Å²) < 4.78 is 17.7. The maximum absolute atomic E-state index is 13.5. The van der Waals surface area contributed by atoms with Gasteiger partial charge in [0.2, 0.25) is 5.91 Å². The first-order chi connectivity index (χ1) is 40.7. The Morgan fingerprint density at radius 3 is 1.27 bits per heavy atom. The molecule has 8 unspecified atom stereocenters. The molecule has 11 nitrogen and oxygen atoms in total. The lowest BCUT2D eigenvalue weighted by atomic mass is 9.99. The van der Waals surface area contributed by atoms with E-state index in [-0.39, 0.29) is 13.0 Å². The third kappa shape index (κ3) is 47.4. The summed E-state index contributed by atoms with van der Waals surface area (Å²) in [6.45, 7) is 5.81. The van der Waals surface area contributed by atoms with Crippen molar-refractivity contribution < 1.29 is 49.3 Å². The minimum Gasteiger partial charge on any atom is -0.454 e. The number of carbonyl (C=O) groups is 2. The number of ether oxygens (including phenoxy) is 3. The number of unbranched alkanes of at least 4 members (excludes halogenated alkanes) is 41. The van der Waals surface area contributed by atoms with Gasteiger partial charge in [0.05, 0.1) is 25.4 Å². The van der Waals surface area contributed by atoms with E-state index in [0.717, 1.165) is 83.5 Å². The number of aliphatic hydroxyl groups excluding tert-OH is 5. The second kappa shape index (κ2) is 59.9. The summed E-state index contributed by atoms with van der Waals surface area (Å²) >= 11 is 0. The molecule has 1 aliphatic heterocycles. The van der Waals surface area contributed by atoms with E-state index in [1.807, 2.05) is 6.08 Å². The van der Waals surface area contributed by atoms with Gasteiger partial charge in [-0.2, -0.15) is 0 Å². The molecule has 1 heterocycles. The van der Waals surface area contributed by atoms with Crippen LogP contribution in [0.3, 0.4) is 0 Å². The first kappa shape index (κ1) is 78.6. The SMILES string of the molecule is CCCCC/C=C\C/C=C\C/C=C\CCCCCCCCCCC(=O)OC1C(OCC(NC(=O)C(O)CCCCCCCCCCCCCCCCCCCCCC)C(O)/C=C/CCCCCCCCCCCCC)OC(CO)C(O)C1O. The number of hydrogen-bond acceptors (Lipinski definition) is 10. The number of esters is 1. The molecule has 11 heteroatoms. The largest absolute Gasteiger partial charge is 0.454 e. The normalized spacial score (nSPS) is 18.8. The Labute approximate surface area is 510 Å². The Bertz CT molecular complexity index is 1540. The average molecular weight is 1170 g/mol. The lowest BCUT2D eigenvalue weighted by molar-refractivity contribution is -0.305. The quantitative estimate of drug-likeness (QED) is 0.0195. The molecular formula is C72H133NO10. The van der Waals surface area contributed by atoms with Gasteiger partial charge in [0.25, 0.3) is 0 Å². The first-order valence-electron chi connectivity index (χ1n) is 35.4. The number of nitrogens with one attached hydrogen (secondary N) is 1. The van der Waals surface area contributed by atoms with Crippen LogP contribution in [-0.2, 0) is 23.8 Å². The van der Waals surface area contributed by atoms with Crippen LogP contribution in [-0.4, -0.2) is 99.6 Å². The Balaban J connectivity index is 2.61. The van der Waals surface area contributed by atoms with E-state index in [0.29, 0.717) is 19.3 Å². The molecule has 8 atom stereocenters. The average Bonchev–Trinajstić information content (AvgIpc) is 3.58. The summed E-state index contributed by atoms with van der Waals surface area (Å²) in [6, 6.07) is -1.02. The molecule has 1 amide bonds. The van der Waals surface area contributed by atoms with E-state index in [9.17, 15) is 35.1 Å². The van der Waals surface area contributed by atoms with Gasteiger partial charge >= 0.3 is 5.97 Å². The molecular weight excluding hydrogens is 1040 g/mol. The van der Waals surface area contributed by atoms with Gasteiger partial charge in [-0.05, 0) is 64.2 Å². The molecule has 6 N–H and O–H groups in total. The van der Waals surface area contributed by atoms with Crippen LogP contribution in [0.2, 0.25) is 0 Å². The molecule has 0 aromatic carbocycles. The highest BCUT2D eigenvalue weighted by Gasteiger charge is 2.47. The van der Waals surface area contributed by atoms with Gasteiger partial charge in [0, 0.05) is 6.42 Å². The molecule has 0 aromatic heterocycles. The van der Waals surface area contributed by atoms with E-state index >= 15 is 0 Å². The van der Waals surface area contributed by atoms with E-state index in [4.69, 9.17) is 14.2 Å². The van der Waals surface area contributed by atoms with Crippen LogP contribution in [0.25, 0.3) is 0 Å². The van der Waals surface area contributed by atoms with Crippen LogP contribution >= 0.6 is 0 Å². The lowest BCUT2D eigenvalue weighted by Crippen LogP contribution is -2.61. The molecule has 0 saturated carbocycles. The number of hydrogen-bond donors (Lipinski definition) is 6. The molecule has 1 saturated heterocycles. The summed E-state index contributed by atoms with van der Waals surface area (Å²) in [7, 11) is 0. The van der Waals surface area contributed by atoms with Gasteiger partial charge < -0.3 is 45.1 Å². The van der Waals surface area contributed by atoms with Crippen molar-refractivity contribution in [3.8, 4) is 0 Å². The highest BCUT2D eigenvalue weighted by Crippen LogP contribution is 2.26. The number of rotatable bonds is 61. The number of carbonyl (C=O) groups excluding carboxylic acids is 2. The zero-order valence-electron chi connectivity index (χ0n) is 54.1. The van der Waals surface area contributed by atoms with Crippen molar-refractivity contribution in [2.24, 2.45) is 0 Å². The highest BCUT2D eigenvalue weighted by molar-refractivity contribution is 5.80. The zero-order chi connectivity index (χ0) is 60.3. The number of aliphatic hydroxyl groups is 5. The second-order valence-corrected chi connectivity index (χ2v) is 24.6. The molecule has 0 bridgehead atoms. The molecule has 1 aliphatic rings. The van der Waals surface area contributed by atoms with Gasteiger partial charge in [-0.1, -0.05) is 313 Å². The molecule has 486 valence electrons. The van der Waals surface area contributed by atoms with Crippen molar-refractivity contribution in [1.82, 2.24) is 5.32 Å². The summed E-state index contributed by atoms with van der Waals surface area (Å²) in [5, 5.41) is 57.3. The van der Waals surface area contributed by atoms with Crippen molar-refractivity contribution in [2.75, 3.05) is 13.2 Å². The summed E-state index contributed by atoms with van der Waals surface area (Å²) in [5.74, 6) is -1.19. The van der Waals surface area contributed by atoms with Crippen molar-refractivity contribution in [3.63, 3.8) is 0 Å². The van der Waals surface area contributed by atoms with Gasteiger partial charge in [0.15, 0.2) is 12.4 Å². The maximum Gasteiger partial charge on any atom is 0.306 e. The summed E-state index contributed by atoms with van der Waals surface area (Å²) in [4.78, 5) is 26.7. The summed E-state index contributed by atoms with van der Waals surface area (Å²) in [6.07, 6.45) is 64.3. The fourth-order valence-corrected chi connectivity index (χ4v) is 11.1. The molecule has 0 spiro atoms. The van der Waals surface area contributed by atoms with Crippen LogP contribution in [0.1, 0.15) is 335 Å². The van der Waals surface area contributed by atoms with E-state index < -0.39 is 67.4 Å². The van der Waals surface area contributed by atoms with Crippen molar-refractivity contribution in [1.29, 1.82) is 0 Å².